The van der Waals surface area contributed by atoms with E-state index in [4.69, 9.17) is 14.5 Å². The average molecular weight is 404 g/mol. The number of pyridine rings is 1. The van der Waals surface area contributed by atoms with Crippen molar-refractivity contribution in [2.45, 2.75) is 26.2 Å². The monoisotopic (exact) mass is 404 g/mol. The van der Waals surface area contributed by atoms with Crippen LogP contribution in [0.25, 0.3) is 10.9 Å². The van der Waals surface area contributed by atoms with Crippen LogP contribution in [0.15, 0.2) is 48.5 Å². The number of para-hydroxylation sites is 1. The van der Waals surface area contributed by atoms with Crippen LogP contribution in [0.1, 0.15) is 35.0 Å². The van der Waals surface area contributed by atoms with Crippen molar-refractivity contribution in [2.75, 3.05) is 19.0 Å². The summed E-state index contributed by atoms with van der Waals surface area (Å²) in [6.07, 6.45) is 2.69. The van der Waals surface area contributed by atoms with Crippen molar-refractivity contribution < 1.29 is 19.1 Å². The Balaban J connectivity index is 1.52. The topological polar surface area (TPSA) is 77.5 Å². The van der Waals surface area contributed by atoms with Gasteiger partial charge in [-0.2, -0.15) is 0 Å². The van der Waals surface area contributed by atoms with Gasteiger partial charge in [-0.05, 0) is 61.1 Å². The highest BCUT2D eigenvalue weighted by Crippen LogP contribution is 2.32. The predicted molar refractivity (Wildman–Crippen MR) is 115 cm³/mol. The molecule has 1 N–H and O–H groups in total. The van der Waals surface area contributed by atoms with Crippen LogP contribution >= 0.6 is 0 Å². The quantitative estimate of drug-likeness (QED) is 0.646. The maximum absolute atomic E-state index is 13.0. The summed E-state index contributed by atoms with van der Waals surface area (Å²) in [5.41, 5.74) is 3.84. The second kappa shape index (κ2) is 8.53. The SMILES string of the molecule is COc1ccc(NC(=O)COC(=O)c2c3c(nc4ccccc24)CCC(C)C3)cc1. The number of esters is 1. The van der Waals surface area contributed by atoms with Crippen LogP contribution in [-0.2, 0) is 22.4 Å². The molecule has 6 nitrogen and oxygen atoms in total. The molecule has 154 valence electrons. The zero-order valence-corrected chi connectivity index (χ0v) is 17.1. The number of fused-ring (bicyclic) bond motifs is 2. The van der Waals surface area contributed by atoms with Crippen LogP contribution in [0.3, 0.4) is 0 Å². The summed E-state index contributed by atoms with van der Waals surface area (Å²) in [5, 5.41) is 3.49. The minimum Gasteiger partial charge on any atom is -0.497 e. The maximum Gasteiger partial charge on any atom is 0.339 e. The summed E-state index contributed by atoms with van der Waals surface area (Å²) >= 11 is 0. The molecule has 2 aromatic carbocycles. The van der Waals surface area contributed by atoms with Crippen molar-refractivity contribution in [3.05, 3.63) is 65.4 Å². The largest absolute Gasteiger partial charge is 0.497 e. The number of anilines is 1. The Bertz CT molecular complexity index is 1090. The molecular weight excluding hydrogens is 380 g/mol. The zero-order chi connectivity index (χ0) is 21.1. The molecule has 1 heterocycles. The van der Waals surface area contributed by atoms with E-state index in [0.29, 0.717) is 22.9 Å². The molecule has 0 saturated carbocycles. The van der Waals surface area contributed by atoms with E-state index in [1.807, 2.05) is 24.3 Å². The van der Waals surface area contributed by atoms with Gasteiger partial charge in [-0.3, -0.25) is 9.78 Å². The van der Waals surface area contributed by atoms with Gasteiger partial charge in [0.15, 0.2) is 6.61 Å². The van der Waals surface area contributed by atoms with Gasteiger partial charge >= 0.3 is 5.97 Å². The van der Waals surface area contributed by atoms with Crippen LogP contribution in [0.5, 0.6) is 5.75 Å². The molecule has 1 aromatic heterocycles. The molecule has 1 atom stereocenters. The molecule has 3 aromatic rings. The number of carbonyl (C=O) groups is 2. The second-order valence-electron chi connectivity index (χ2n) is 7.63. The molecule has 4 rings (SSSR count). The van der Waals surface area contributed by atoms with Gasteiger partial charge in [0.1, 0.15) is 5.75 Å². The van der Waals surface area contributed by atoms with Crippen molar-refractivity contribution in [2.24, 2.45) is 5.92 Å². The molecule has 1 unspecified atom stereocenters. The Morgan fingerprint density at radius 3 is 2.67 bits per heavy atom. The van der Waals surface area contributed by atoms with E-state index >= 15 is 0 Å². The molecule has 0 radical (unpaired) electrons. The number of ether oxygens (including phenoxy) is 2. The van der Waals surface area contributed by atoms with E-state index in [1.165, 1.54) is 0 Å². The van der Waals surface area contributed by atoms with Crippen LogP contribution < -0.4 is 10.1 Å². The van der Waals surface area contributed by atoms with Crippen molar-refractivity contribution in [3.8, 4) is 5.75 Å². The van der Waals surface area contributed by atoms with Gasteiger partial charge in [-0.25, -0.2) is 4.79 Å². The van der Waals surface area contributed by atoms with Crippen molar-refractivity contribution in [1.29, 1.82) is 0 Å². The fraction of sp³-hybridized carbons (Fsp3) is 0.292. The minimum absolute atomic E-state index is 0.355. The van der Waals surface area contributed by atoms with Crippen molar-refractivity contribution in [1.82, 2.24) is 4.98 Å². The summed E-state index contributed by atoms with van der Waals surface area (Å²) in [6, 6.07) is 14.5. The molecule has 6 heteroatoms. The fourth-order valence-electron chi connectivity index (χ4n) is 3.87. The van der Waals surface area contributed by atoms with Gasteiger partial charge in [-0.1, -0.05) is 25.1 Å². The van der Waals surface area contributed by atoms with E-state index in [0.717, 1.165) is 41.4 Å². The van der Waals surface area contributed by atoms with Gasteiger partial charge in [0.2, 0.25) is 0 Å². The molecule has 1 aliphatic rings. The number of rotatable bonds is 5. The summed E-state index contributed by atoms with van der Waals surface area (Å²) in [5.74, 6) is 0.298. The Morgan fingerprint density at radius 2 is 1.90 bits per heavy atom. The number of aromatic nitrogens is 1. The lowest BCUT2D eigenvalue weighted by molar-refractivity contribution is -0.119. The third kappa shape index (κ3) is 4.13. The van der Waals surface area contributed by atoms with E-state index in [-0.39, 0.29) is 6.61 Å². The summed E-state index contributed by atoms with van der Waals surface area (Å²) in [4.78, 5) is 30.1. The number of methoxy groups -OCH3 is 1. The molecule has 0 fully saturated rings. The molecule has 0 aliphatic heterocycles. The highest BCUT2D eigenvalue weighted by molar-refractivity contribution is 6.06. The molecule has 30 heavy (non-hydrogen) atoms. The number of amides is 1. The Kier molecular flexibility index (Phi) is 5.65. The number of benzene rings is 2. The van der Waals surface area contributed by atoms with Crippen LogP contribution in [0.4, 0.5) is 5.69 Å². The lowest BCUT2D eigenvalue weighted by Gasteiger charge is -2.24. The standard InChI is InChI=1S/C24H24N2O4/c1-15-7-12-21-19(13-15)23(18-5-3-4-6-20(18)26-21)24(28)30-14-22(27)25-16-8-10-17(29-2)11-9-16/h3-6,8-11,15H,7,12-14H2,1-2H3,(H,25,27). The number of hydrogen-bond acceptors (Lipinski definition) is 5. The first kappa shape index (κ1) is 19.9. The zero-order valence-electron chi connectivity index (χ0n) is 17.1. The lowest BCUT2D eigenvalue weighted by Crippen LogP contribution is -2.23. The number of nitrogens with one attached hydrogen (secondary N) is 1. The van der Waals surface area contributed by atoms with E-state index in [9.17, 15) is 9.59 Å². The minimum atomic E-state index is -0.483. The molecule has 0 bridgehead atoms. The lowest BCUT2D eigenvalue weighted by atomic mass is 9.84. The van der Waals surface area contributed by atoms with Gasteiger partial charge in [-0.15, -0.1) is 0 Å². The Hall–Kier alpha value is -3.41. The highest BCUT2D eigenvalue weighted by atomic mass is 16.5. The van der Waals surface area contributed by atoms with E-state index in [2.05, 4.69) is 12.2 Å². The summed E-state index contributed by atoms with van der Waals surface area (Å²) in [7, 11) is 1.58. The first-order chi connectivity index (χ1) is 14.5. The first-order valence-corrected chi connectivity index (χ1v) is 10.1. The van der Waals surface area contributed by atoms with Gasteiger partial charge in [0.05, 0.1) is 18.2 Å². The van der Waals surface area contributed by atoms with Gasteiger partial charge < -0.3 is 14.8 Å². The average Bonchev–Trinajstić information content (AvgIpc) is 2.76. The summed E-state index contributed by atoms with van der Waals surface area (Å²) < 4.78 is 10.5. The van der Waals surface area contributed by atoms with Crippen LogP contribution in [0, 0.1) is 5.92 Å². The molecule has 0 spiro atoms. The van der Waals surface area contributed by atoms with Crippen molar-refractivity contribution >= 4 is 28.5 Å². The predicted octanol–water partition coefficient (Wildman–Crippen LogP) is 4.16. The third-order valence-electron chi connectivity index (χ3n) is 5.42. The number of hydrogen-bond donors (Lipinski definition) is 1. The smallest absolute Gasteiger partial charge is 0.339 e. The second-order valence-corrected chi connectivity index (χ2v) is 7.63. The van der Waals surface area contributed by atoms with Gasteiger partial charge in [0.25, 0.3) is 5.91 Å². The fourth-order valence-corrected chi connectivity index (χ4v) is 3.87. The molecule has 1 aliphatic carbocycles. The Morgan fingerprint density at radius 1 is 1.13 bits per heavy atom. The molecular formula is C24H24N2O4. The molecule has 0 saturated heterocycles. The van der Waals surface area contributed by atoms with E-state index < -0.39 is 11.9 Å². The first-order valence-electron chi connectivity index (χ1n) is 10.1. The molecule has 1 amide bonds. The number of carbonyl (C=O) groups excluding carboxylic acids is 2. The highest BCUT2D eigenvalue weighted by Gasteiger charge is 2.26. The van der Waals surface area contributed by atoms with Crippen molar-refractivity contribution in [3.63, 3.8) is 0 Å². The number of aryl methyl sites for hydroxylation is 1. The van der Waals surface area contributed by atoms with Crippen LogP contribution in [0.2, 0.25) is 0 Å². The van der Waals surface area contributed by atoms with Gasteiger partial charge in [0, 0.05) is 16.8 Å². The number of nitrogens with zero attached hydrogens (tertiary/aromatic N) is 1. The van der Waals surface area contributed by atoms with Crippen LogP contribution in [-0.4, -0.2) is 30.6 Å². The maximum atomic E-state index is 13.0. The van der Waals surface area contributed by atoms with E-state index in [1.54, 1.807) is 31.4 Å². The third-order valence-corrected chi connectivity index (χ3v) is 5.42. The normalized spacial score (nSPS) is 15.3. The Labute approximate surface area is 175 Å². The summed E-state index contributed by atoms with van der Waals surface area (Å²) in [6.45, 7) is 1.82.